The molecule has 4 heteroatoms. The number of fused-ring (bicyclic) bond motifs is 3. The molecule has 4 nitrogen and oxygen atoms in total. The molecule has 28 heavy (non-hydrogen) atoms. The summed E-state index contributed by atoms with van der Waals surface area (Å²) in [6.45, 7) is 6.51. The number of carbonyl (C=O) groups excluding carboxylic acids is 1. The third-order valence-electron chi connectivity index (χ3n) is 5.02. The lowest BCUT2D eigenvalue weighted by atomic mass is 9.83. The summed E-state index contributed by atoms with van der Waals surface area (Å²) >= 11 is 0. The van der Waals surface area contributed by atoms with E-state index in [2.05, 4.69) is 29.6 Å². The zero-order valence-electron chi connectivity index (χ0n) is 16.5. The topological polar surface area (TPSA) is 47.6 Å². The molecule has 0 aromatic heterocycles. The number of ether oxygens (including phenoxy) is 2. The Morgan fingerprint density at radius 1 is 1.07 bits per heavy atom. The molecular weight excluding hydrogens is 350 g/mol. The molecule has 1 heterocycles. The van der Waals surface area contributed by atoms with E-state index in [0.717, 1.165) is 39.1 Å². The molecule has 0 unspecified atom stereocenters. The average Bonchev–Trinajstić information content (AvgIpc) is 2.68. The normalized spacial score (nSPS) is 16.0. The molecule has 4 rings (SSSR count). The molecule has 0 aliphatic carbocycles. The second-order valence-electron chi connectivity index (χ2n) is 7.36. The van der Waals surface area contributed by atoms with Crippen molar-refractivity contribution in [2.24, 2.45) is 0 Å². The van der Waals surface area contributed by atoms with Gasteiger partial charge in [0.1, 0.15) is 0 Å². The van der Waals surface area contributed by atoms with Crippen LogP contribution in [0.4, 0.5) is 5.69 Å². The number of nitrogens with one attached hydrogen (secondary N) is 1. The third-order valence-corrected chi connectivity index (χ3v) is 5.02. The Bertz CT molecular complexity index is 1030. The lowest BCUT2D eigenvalue weighted by Crippen LogP contribution is -2.23. The number of rotatable bonds is 5. The number of benzene rings is 3. The van der Waals surface area contributed by atoms with Crippen molar-refractivity contribution >= 4 is 22.4 Å². The van der Waals surface area contributed by atoms with Crippen molar-refractivity contribution in [3.63, 3.8) is 0 Å². The summed E-state index contributed by atoms with van der Waals surface area (Å²) in [5.74, 6) is 1.48. The molecule has 0 fully saturated rings. The molecule has 0 bridgehead atoms. The van der Waals surface area contributed by atoms with Gasteiger partial charge in [-0.3, -0.25) is 4.79 Å². The Morgan fingerprint density at radius 2 is 1.89 bits per heavy atom. The number of hydrogen-bond acceptors (Lipinski definition) is 3. The highest BCUT2D eigenvalue weighted by molar-refractivity contribution is 6.06. The summed E-state index contributed by atoms with van der Waals surface area (Å²) in [5.41, 5.74) is 3.11. The molecule has 3 aromatic carbocycles. The van der Waals surface area contributed by atoms with E-state index in [1.165, 1.54) is 0 Å². The molecule has 1 aliphatic heterocycles. The summed E-state index contributed by atoms with van der Waals surface area (Å²) in [6.07, 6.45) is 0.485. The lowest BCUT2D eigenvalue weighted by molar-refractivity contribution is -0.116. The molecule has 1 amide bonds. The minimum atomic E-state index is -0.0133. The van der Waals surface area contributed by atoms with E-state index >= 15 is 0 Å². The van der Waals surface area contributed by atoms with E-state index in [9.17, 15) is 4.79 Å². The predicted octanol–water partition coefficient (Wildman–Crippen LogP) is 5.50. The third kappa shape index (κ3) is 3.42. The summed E-state index contributed by atoms with van der Waals surface area (Å²) in [6, 6.07) is 18.4. The van der Waals surface area contributed by atoms with E-state index in [1.807, 2.05) is 51.1 Å². The Labute approximate surface area is 165 Å². The van der Waals surface area contributed by atoms with Gasteiger partial charge in [0.2, 0.25) is 5.91 Å². The minimum absolute atomic E-state index is 0.0133. The number of amides is 1. The van der Waals surface area contributed by atoms with Crippen molar-refractivity contribution in [1.82, 2.24) is 0 Å². The van der Waals surface area contributed by atoms with Crippen LogP contribution in [-0.4, -0.2) is 18.6 Å². The quantitative estimate of drug-likeness (QED) is 0.640. The smallest absolute Gasteiger partial charge is 0.225 e. The lowest BCUT2D eigenvalue weighted by Gasteiger charge is -2.28. The van der Waals surface area contributed by atoms with Crippen molar-refractivity contribution in [2.45, 2.75) is 39.2 Å². The van der Waals surface area contributed by atoms with Crippen LogP contribution >= 0.6 is 0 Å². The van der Waals surface area contributed by atoms with Gasteiger partial charge in [-0.05, 0) is 49.4 Å². The highest BCUT2D eigenvalue weighted by atomic mass is 16.5. The maximum atomic E-state index is 12.5. The van der Waals surface area contributed by atoms with E-state index in [4.69, 9.17) is 9.47 Å². The van der Waals surface area contributed by atoms with Crippen LogP contribution in [0.5, 0.6) is 11.5 Å². The van der Waals surface area contributed by atoms with Crippen LogP contribution < -0.4 is 14.8 Å². The number of hydrogen-bond donors (Lipinski definition) is 1. The van der Waals surface area contributed by atoms with Crippen molar-refractivity contribution in [1.29, 1.82) is 0 Å². The van der Waals surface area contributed by atoms with Crippen LogP contribution in [0.15, 0.2) is 54.6 Å². The second kappa shape index (κ2) is 7.55. The molecule has 0 saturated carbocycles. The highest BCUT2D eigenvalue weighted by Gasteiger charge is 2.28. The van der Waals surface area contributed by atoms with Gasteiger partial charge in [-0.15, -0.1) is 0 Å². The second-order valence-corrected chi connectivity index (χ2v) is 7.36. The van der Waals surface area contributed by atoms with Gasteiger partial charge in [-0.25, -0.2) is 0 Å². The first-order chi connectivity index (χ1) is 13.6. The zero-order valence-corrected chi connectivity index (χ0v) is 16.5. The summed E-state index contributed by atoms with van der Waals surface area (Å²) in [5, 5.41) is 5.28. The van der Waals surface area contributed by atoms with E-state index in [-0.39, 0.29) is 17.9 Å². The van der Waals surface area contributed by atoms with Gasteiger partial charge >= 0.3 is 0 Å². The molecule has 3 aromatic rings. The van der Waals surface area contributed by atoms with Crippen LogP contribution in [-0.2, 0) is 4.79 Å². The van der Waals surface area contributed by atoms with Gasteiger partial charge in [-0.2, -0.15) is 0 Å². The fourth-order valence-electron chi connectivity index (χ4n) is 3.86. The average molecular weight is 375 g/mol. The van der Waals surface area contributed by atoms with Crippen LogP contribution in [0.1, 0.15) is 44.2 Å². The molecule has 1 aliphatic rings. The number of carbonyl (C=O) groups is 1. The highest BCUT2D eigenvalue weighted by Crippen LogP contribution is 2.43. The first-order valence-corrected chi connectivity index (χ1v) is 9.81. The molecule has 0 saturated heterocycles. The van der Waals surface area contributed by atoms with Gasteiger partial charge in [0.05, 0.1) is 18.4 Å². The molecule has 0 spiro atoms. The summed E-state index contributed by atoms with van der Waals surface area (Å²) in [7, 11) is 0. The first-order valence-electron chi connectivity index (χ1n) is 9.81. The largest absolute Gasteiger partial charge is 0.490 e. The number of anilines is 1. The molecule has 1 atom stereocenters. The first kappa shape index (κ1) is 18.4. The van der Waals surface area contributed by atoms with E-state index in [0.29, 0.717) is 13.0 Å². The maximum absolute atomic E-state index is 12.5. The Balaban J connectivity index is 1.81. The SMILES string of the molecule is CCOc1cc([C@H]2CC(=O)Nc3c2ccc2ccccc32)ccc1OC(C)C. The Morgan fingerprint density at radius 3 is 2.68 bits per heavy atom. The predicted molar refractivity (Wildman–Crippen MR) is 112 cm³/mol. The van der Waals surface area contributed by atoms with Crippen LogP contribution in [0.25, 0.3) is 10.8 Å². The minimum Gasteiger partial charge on any atom is -0.490 e. The molecule has 0 radical (unpaired) electrons. The van der Waals surface area contributed by atoms with E-state index in [1.54, 1.807) is 0 Å². The zero-order chi connectivity index (χ0) is 19.7. The van der Waals surface area contributed by atoms with Crippen molar-refractivity contribution in [3.8, 4) is 11.5 Å². The van der Waals surface area contributed by atoms with Crippen LogP contribution in [0, 0.1) is 0 Å². The van der Waals surface area contributed by atoms with Crippen LogP contribution in [0.3, 0.4) is 0 Å². The van der Waals surface area contributed by atoms with Gasteiger partial charge in [-0.1, -0.05) is 42.5 Å². The van der Waals surface area contributed by atoms with E-state index < -0.39 is 0 Å². The summed E-state index contributed by atoms with van der Waals surface area (Å²) in [4.78, 5) is 12.5. The van der Waals surface area contributed by atoms with Gasteiger partial charge in [0.25, 0.3) is 0 Å². The molecule has 144 valence electrons. The molecule has 1 N–H and O–H groups in total. The fourth-order valence-corrected chi connectivity index (χ4v) is 3.86. The standard InChI is InChI=1S/C24H25NO3/c1-4-27-22-13-17(10-12-21(22)28-15(2)3)20-14-23(26)25-24-18-8-6-5-7-16(18)9-11-19(20)24/h5-13,15,20H,4,14H2,1-3H3,(H,25,26)/t20-/m1/s1. The fraction of sp³-hybridized carbons (Fsp3) is 0.292. The van der Waals surface area contributed by atoms with Crippen molar-refractivity contribution in [2.75, 3.05) is 11.9 Å². The van der Waals surface area contributed by atoms with Gasteiger partial charge in [0, 0.05) is 17.7 Å². The van der Waals surface area contributed by atoms with Crippen molar-refractivity contribution in [3.05, 3.63) is 65.7 Å². The Hall–Kier alpha value is -3.01. The monoisotopic (exact) mass is 375 g/mol. The van der Waals surface area contributed by atoms with Crippen LogP contribution in [0.2, 0.25) is 0 Å². The van der Waals surface area contributed by atoms with Gasteiger partial charge < -0.3 is 14.8 Å². The molecular formula is C24H25NO3. The summed E-state index contributed by atoms with van der Waals surface area (Å²) < 4.78 is 11.7. The maximum Gasteiger partial charge on any atom is 0.225 e. The van der Waals surface area contributed by atoms with Gasteiger partial charge in [0.15, 0.2) is 11.5 Å². The Kier molecular flexibility index (Phi) is 4.95. The van der Waals surface area contributed by atoms with Crippen molar-refractivity contribution < 1.29 is 14.3 Å².